The minimum atomic E-state index is -0.877. The summed E-state index contributed by atoms with van der Waals surface area (Å²) in [5.41, 5.74) is 0. The molecule has 0 fully saturated rings. The van der Waals surface area contributed by atoms with Crippen molar-refractivity contribution in [3.63, 3.8) is 0 Å². The zero-order valence-electron chi connectivity index (χ0n) is 26.6. The molecule has 6 aromatic carbocycles. The average molecular weight is 731 g/mol. The molecule has 253 valence electrons. The minimum Gasteiger partial charge on any atom is -0.545 e. The molecule has 0 spiro atoms. The van der Waals surface area contributed by atoms with E-state index in [1.54, 1.807) is 0 Å². The van der Waals surface area contributed by atoms with Crippen LogP contribution in [0.4, 0.5) is 0 Å². The minimum absolute atomic E-state index is 0. The summed E-state index contributed by atoms with van der Waals surface area (Å²) in [6.07, 6.45) is 0. The van der Waals surface area contributed by atoms with E-state index in [1.165, 1.54) is 31.8 Å². The molecule has 0 aliphatic rings. The Balaban J connectivity index is 0. The van der Waals surface area contributed by atoms with Crippen molar-refractivity contribution in [3.05, 3.63) is 182 Å². The molecule has 0 unspecified atom stereocenters. The standard InChI is InChI=1S/2C18H15P.5CHO.Co/c2*1-4-10-16(11-5-1)19(17-12-6-2-7-13-17)18-14-8-3-9-15-18;5*1-2;/h2*1-15H;5*1H;/q;;5*-1;/p+2. The number of rotatable bonds is 6. The van der Waals surface area contributed by atoms with Gasteiger partial charge in [-0.25, -0.2) is 0 Å². The largest absolute Gasteiger partial charge is 0.545 e. The molecule has 8 heteroatoms. The van der Waals surface area contributed by atoms with Crippen LogP contribution in [0.2, 0.25) is 0 Å². The van der Waals surface area contributed by atoms with Gasteiger partial charge in [-0.05, 0) is 72.8 Å². The van der Waals surface area contributed by atoms with E-state index in [2.05, 4.69) is 216 Å². The monoisotopic (exact) mass is 730 g/mol. The number of hydrogen-bond donors (Lipinski definition) is 0. The van der Waals surface area contributed by atoms with E-state index in [0.717, 1.165) is 0 Å². The van der Waals surface area contributed by atoms with Gasteiger partial charge in [-0.3, -0.25) is 33.9 Å². The van der Waals surface area contributed by atoms with Crippen molar-refractivity contribution in [2.24, 2.45) is 0 Å². The first kappa shape index (κ1) is 46.2. The smallest absolute Gasteiger partial charge is 0.102 e. The zero-order chi connectivity index (χ0) is 35.8. The SMILES string of the molecule is [CH-]=O.[CH-]=O.[CH-]=O.[CH-]=O.[CH-]=O.[Co].c1ccc([PH+](c2ccccc2)c2ccccc2)cc1.c1ccc([PH+](c2ccccc2)c2ccccc2)cc1. The van der Waals surface area contributed by atoms with Crippen LogP contribution in [0.3, 0.4) is 0 Å². The van der Waals surface area contributed by atoms with Gasteiger partial charge in [0.05, 0.1) is 15.8 Å². The normalized spacial score (nSPS) is 8.61. The number of carbonyl (C=O) groups excluding carboxylic acids is 5. The van der Waals surface area contributed by atoms with Gasteiger partial charge in [-0.15, -0.1) is 0 Å². The van der Waals surface area contributed by atoms with Gasteiger partial charge < -0.3 is 24.0 Å². The fraction of sp³-hybridized carbons (Fsp3) is 0. The van der Waals surface area contributed by atoms with Crippen LogP contribution in [0.15, 0.2) is 182 Å². The summed E-state index contributed by atoms with van der Waals surface area (Å²) in [7, 11) is -1.75. The third-order valence-corrected chi connectivity index (χ3v) is 11.8. The third kappa shape index (κ3) is 16.1. The Hall–Kier alpha value is -4.96. The molecule has 0 amide bonds. The first-order valence-electron chi connectivity index (χ1n) is 14.1. The molecule has 0 saturated carbocycles. The molecule has 6 aromatic rings. The summed E-state index contributed by atoms with van der Waals surface area (Å²) in [6.45, 7) is 16.2. The van der Waals surface area contributed by atoms with Crippen LogP contribution >= 0.6 is 15.8 Å². The van der Waals surface area contributed by atoms with Gasteiger partial charge in [0.15, 0.2) is 0 Å². The van der Waals surface area contributed by atoms with Crippen molar-refractivity contribution < 1.29 is 40.8 Å². The second kappa shape index (κ2) is 31.6. The molecule has 0 heterocycles. The Morgan fingerprint density at radius 2 is 0.327 bits per heavy atom. The van der Waals surface area contributed by atoms with Gasteiger partial charge in [0.25, 0.3) is 0 Å². The van der Waals surface area contributed by atoms with Crippen molar-refractivity contribution in [1.29, 1.82) is 0 Å². The predicted octanol–water partition coefficient (Wildman–Crippen LogP) is 4.98. The summed E-state index contributed by atoms with van der Waals surface area (Å²) < 4.78 is 0. The molecule has 0 aromatic heterocycles. The van der Waals surface area contributed by atoms with Gasteiger partial charge in [-0.1, -0.05) is 109 Å². The van der Waals surface area contributed by atoms with E-state index in [4.69, 9.17) is 24.0 Å². The molecular formula is C41H37CoO5P2-3. The molecule has 6 rings (SSSR count). The van der Waals surface area contributed by atoms with E-state index in [1.807, 2.05) is 0 Å². The quantitative estimate of drug-likeness (QED) is 0.137. The Morgan fingerprint density at radius 1 is 0.224 bits per heavy atom. The van der Waals surface area contributed by atoms with Gasteiger partial charge >= 0.3 is 0 Å². The molecule has 0 N–H and O–H groups in total. The first-order chi connectivity index (χ1) is 23.9. The van der Waals surface area contributed by atoms with Gasteiger partial charge in [0, 0.05) is 16.8 Å². The molecule has 0 atom stereocenters. The fourth-order valence-electron chi connectivity index (χ4n) is 4.63. The van der Waals surface area contributed by atoms with Crippen LogP contribution in [-0.2, 0) is 40.8 Å². The maximum atomic E-state index is 7.75. The van der Waals surface area contributed by atoms with E-state index >= 15 is 0 Å². The van der Waals surface area contributed by atoms with E-state index in [-0.39, 0.29) is 16.8 Å². The maximum Gasteiger partial charge on any atom is 0.102 e. The van der Waals surface area contributed by atoms with Crippen LogP contribution in [-0.4, -0.2) is 33.9 Å². The van der Waals surface area contributed by atoms with Crippen molar-refractivity contribution >= 4 is 81.6 Å². The summed E-state index contributed by atoms with van der Waals surface area (Å²) in [4.78, 5) is 38.8. The Bertz CT molecular complexity index is 1270. The molecule has 0 saturated heterocycles. The van der Waals surface area contributed by atoms with Crippen molar-refractivity contribution in [3.8, 4) is 0 Å². The van der Waals surface area contributed by atoms with Crippen LogP contribution in [0.1, 0.15) is 0 Å². The predicted molar refractivity (Wildman–Crippen MR) is 207 cm³/mol. The molecular weight excluding hydrogens is 693 g/mol. The van der Waals surface area contributed by atoms with E-state index in [0.29, 0.717) is 0 Å². The van der Waals surface area contributed by atoms with Crippen molar-refractivity contribution in [2.75, 3.05) is 0 Å². The van der Waals surface area contributed by atoms with Gasteiger partial charge in [-0.2, -0.15) is 0 Å². The zero-order valence-corrected chi connectivity index (χ0v) is 29.6. The molecule has 5 nitrogen and oxygen atoms in total. The van der Waals surface area contributed by atoms with E-state index < -0.39 is 15.8 Å². The van der Waals surface area contributed by atoms with Gasteiger partial charge in [0.1, 0.15) is 31.8 Å². The third-order valence-electron chi connectivity index (χ3n) is 6.37. The number of hydrogen-bond acceptors (Lipinski definition) is 5. The van der Waals surface area contributed by atoms with Crippen LogP contribution < -0.4 is 31.8 Å². The second-order valence-electron chi connectivity index (χ2n) is 8.95. The molecule has 0 bridgehead atoms. The Kier molecular flexibility index (Phi) is 29.8. The van der Waals surface area contributed by atoms with Crippen LogP contribution in [0, 0.1) is 0 Å². The summed E-state index contributed by atoms with van der Waals surface area (Å²) >= 11 is 0. The topological polar surface area (TPSA) is 85.3 Å². The Labute approximate surface area is 303 Å². The van der Waals surface area contributed by atoms with Crippen LogP contribution in [0.5, 0.6) is 0 Å². The van der Waals surface area contributed by atoms with E-state index in [9.17, 15) is 0 Å². The summed E-state index contributed by atoms with van der Waals surface area (Å²) in [5.74, 6) is 0. The average Bonchev–Trinajstić information content (AvgIpc) is 3.22. The Morgan fingerprint density at radius 3 is 0.429 bits per heavy atom. The first-order valence-corrected chi connectivity index (χ1v) is 17.1. The molecule has 1 radical (unpaired) electrons. The molecule has 0 aliphatic carbocycles. The summed E-state index contributed by atoms with van der Waals surface area (Å²) in [5, 5.41) is 8.61. The number of benzene rings is 6. The van der Waals surface area contributed by atoms with Crippen LogP contribution in [0.25, 0.3) is 0 Å². The molecule has 0 aliphatic heterocycles. The van der Waals surface area contributed by atoms with Crippen molar-refractivity contribution in [2.45, 2.75) is 0 Å². The van der Waals surface area contributed by atoms with Crippen molar-refractivity contribution in [1.82, 2.24) is 0 Å². The molecule has 49 heavy (non-hydrogen) atoms. The second-order valence-corrected chi connectivity index (χ2v) is 13.9. The maximum absolute atomic E-state index is 7.75. The fourth-order valence-corrected chi connectivity index (χ4v) is 9.78. The van der Waals surface area contributed by atoms with Gasteiger partial charge in [0.2, 0.25) is 0 Å². The summed E-state index contributed by atoms with van der Waals surface area (Å²) in [6, 6.07) is 65.0.